The molecule has 0 saturated heterocycles. The van der Waals surface area contributed by atoms with Gasteiger partial charge in [0.05, 0.1) is 12.2 Å². The monoisotopic (exact) mass is 357 g/mol. The van der Waals surface area contributed by atoms with Crippen molar-refractivity contribution in [1.82, 2.24) is 4.57 Å². The first-order valence-corrected chi connectivity index (χ1v) is 7.49. The van der Waals surface area contributed by atoms with E-state index < -0.39 is 18.1 Å². The molecule has 0 fully saturated rings. The van der Waals surface area contributed by atoms with Gasteiger partial charge in [0.2, 0.25) is 0 Å². The van der Waals surface area contributed by atoms with Crippen molar-refractivity contribution < 1.29 is 22.3 Å². The largest absolute Gasteiger partial charge is 0.489 e. The summed E-state index contributed by atoms with van der Waals surface area (Å²) < 4.78 is 59.5. The van der Waals surface area contributed by atoms with Crippen molar-refractivity contribution in [1.29, 1.82) is 0 Å². The van der Waals surface area contributed by atoms with Crippen molar-refractivity contribution in [3.05, 3.63) is 64.8 Å². The number of halogens is 5. The number of hydrogen-bond acceptors (Lipinski definition) is 1. The maximum atomic E-state index is 13.5. The minimum Gasteiger partial charge on any atom is -0.489 e. The third-order valence-corrected chi connectivity index (χ3v) is 3.94. The maximum Gasteiger partial charge on any atom is 0.278 e. The van der Waals surface area contributed by atoms with Crippen LogP contribution < -0.4 is 4.74 Å². The predicted octanol–water partition coefficient (Wildman–Crippen LogP) is 5.59. The van der Waals surface area contributed by atoms with Gasteiger partial charge in [-0.1, -0.05) is 17.7 Å². The summed E-state index contributed by atoms with van der Waals surface area (Å²) in [6.45, 7) is 0.0128. The Morgan fingerprint density at radius 1 is 1.08 bits per heavy atom. The van der Waals surface area contributed by atoms with Crippen LogP contribution >= 0.6 is 11.6 Å². The summed E-state index contributed by atoms with van der Waals surface area (Å²) in [4.78, 5) is 0. The molecule has 0 saturated carbocycles. The van der Waals surface area contributed by atoms with Gasteiger partial charge >= 0.3 is 0 Å². The van der Waals surface area contributed by atoms with Crippen LogP contribution in [0.5, 0.6) is 5.75 Å². The van der Waals surface area contributed by atoms with Crippen molar-refractivity contribution in [2.45, 2.75) is 13.0 Å². The van der Waals surface area contributed by atoms with E-state index in [9.17, 15) is 17.6 Å². The quantitative estimate of drug-likeness (QED) is 0.543. The first-order valence-electron chi connectivity index (χ1n) is 7.11. The highest BCUT2D eigenvalue weighted by molar-refractivity contribution is 6.35. The van der Waals surface area contributed by atoms with E-state index in [1.807, 2.05) is 0 Å². The molecule has 3 rings (SSSR count). The SMILES string of the molecule is Fc1ccc(OCCn2c(C(F)F)cc3c(Cl)cccc32)c(F)c1. The molecule has 1 aromatic heterocycles. The molecule has 0 aliphatic rings. The second-order valence-electron chi connectivity index (χ2n) is 5.12. The Bertz CT molecular complexity index is 878. The van der Waals surface area contributed by atoms with Gasteiger partial charge in [0.15, 0.2) is 11.6 Å². The molecule has 2 aromatic carbocycles. The summed E-state index contributed by atoms with van der Waals surface area (Å²) in [5, 5.41) is 0.890. The zero-order chi connectivity index (χ0) is 17.3. The molecule has 7 heteroatoms. The predicted molar refractivity (Wildman–Crippen MR) is 83.8 cm³/mol. The summed E-state index contributed by atoms with van der Waals surface area (Å²) >= 11 is 6.04. The molecule has 2 nitrogen and oxygen atoms in total. The van der Waals surface area contributed by atoms with Gasteiger partial charge in [-0.05, 0) is 30.3 Å². The summed E-state index contributed by atoms with van der Waals surface area (Å²) in [7, 11) is 0. The fraction of sp³-hybridized carbons (Fsp3) is 0.176. The highest BCUT2D eigenvalue weighted by Crippen LogP contribution is 2.31. The lowest BCUT2D eigenvalue weighted by molar-refractivity contribution is 0.139. The lowest BCUT2D eigenvalue weighted by Gasteiger charge is -2.12. The Hall–Kier alpha value is -2.21. The van der Waals surface area contributed by atoms with Crippen LogP contribution in [0.15, 0.2) is 42.5 Å². The van der Waals surface area contributed by atoms with Gasteiger partial charge in [-0.25, -0.2) is 17.6 Å². The van der Waals surface area contributed by atoms with Crippen LogP contribution in [0.4, 0.5) is 17.6 Å². The number of aromatic nitrogens is 1. The van der Waals surface area contributed by atoms with Crippen molar-refractivity contribution in [3.63, 3.8) is 0 Å². The lowest BCUT2D eigenvalue weighted by atomic mass is 10.2. The Balaban J connectivity index is 1.84. The molecule has 24 heavy (non-hydrogen) atoms. The van der Waals surface area contributed by atoms with E-state index in [4.69, 9.17) is 16.3 Å². The van der Waals surface area contributed by atoms with Gasteiger partial charge in [0, 0.05) is 22.0 Å². The molecular weight excluding hydrogens is 346 g/mol. The molecule has 0 aliphatic heterocycles. The van der Waals surface area contributed by atoms with E-state index in [0.29, 0.717) is 22.0 Å². The molecule has 0 bridgehead atoms. The molecule has 0 N–H and O–H groups in total. The van der Waals surface area contributed by atoms with Gasteiger partial charge in [-0.15, -0.1) is 0 Å². The number of ether oxygens (including phenoxy) is 1. The minimum atomic E-state index is -2.68. The lowest BCUT2D eigenvalue weighted by Crippen LogP contribution is -2.11. The smallest absolute Gasteiger partial charge is 0.278 e. The first kappa shape index (κ1) is 16.6. The molecule has 3 aromatic rings. The number of nitrogens with zero attached hydrogens (tertiary/aromatic N) is 1. The molecule has 0 unspecified atom stereocenters. The van der Waals surface area contributed by atoms with Crippen LogP contribution in [0.25, 0.3) is 10.9 Å². The summed E-state index contributed by atoms with van der Waals surface area (Å²) in [6, 6.07) is 9.21. The average Bonchev–Trinajstić information content (AvgIpc) is 2.90. The number of hydrogen-bond donors (Lipinski definition) is 0. The third kappa shape index (κ3) is 3.19. The highest BCUT2D eigenvalue weighted by Gasteiger charge is 2.18. The number of alkyl halides is 2. The molecule has 1 heterocycles. The van der Waals surface area contributed by atoms with Crippen LogP contribution in [0.3, 0.4) is 0 Å². The van der Waals surface area contributed by atoms with E-state index in [0.717, 1.165) is 12.1 Å². The second-order valence-corrected chi connectivity index (χ2v) is 5.52. The number of rotatable bonds is 5. The fourth-order valence-corrected chi connectivity index (χ4v) is 2.76. The van der Waals surface area contributed by atoms with Crippen molar-refractivity contribution >= 4 is 22.5 Å². The van der Waals surface area contributed by atoms with Crippen molar-refractivity contribution in [2.24, 2.45) is 0 Å². The van der Waals surface area contributed by atoms with Gasteiger partial charge in [-0.2, -0.15) is 0 Å². The maximum absolute atomic E-state index is 13.5. The zero-order valence-corrected chi connectivity index (χ0v) is 13.0. The van der Waals surface area contributed by atoms with Crippen molar-refractivity contribution in [3.8, 4) is 5.75 Å². The third-order valence-electron chi connectivity index (χ3n) is 3.61. The van der Waals surface area contributed by atoms with E-state index in [1.165, 1.54) is 10.6 Å². The zero-order valence-electron chi connectivity index (χ0n) is 12.3. The van der Waals surface area contributed by atoms with Crippen LogP contribution in [0, 0.1) is 11.6 Å². The van der Waals surface area contributed by atoms with Crippen LogP contribution in [0.2, 0.25) is 5.02 Å². The Morgan fingerprint density at radius 3 is 2.58 bits per heavy atom. The molecule has 0 atom stereocenters. The fourth-order valence-electron chi connectivity index (χ4n) is 2.54. The van der Waals surface area contributed by atoms with Gasteiger partial charge in [-0.3, -0.25) is 0 Å². The summed E-state index contributed by atoms with van der Waals surface area (Å²) in [5.41, 5.74) is 0.349. The van der Waals surface area contributed by atoms with Crippen LogP contribution in [0.1, 0.15) is 12.1 Å². The Morgan fingerprint density at radius 2 is 1.88 bits per heavy atom. The summed E-state index contributed by atoms with van der Waals surface area (Å²) in [6.07, 6.45) is -2.68. The van der Waals surface area contributed by atoms with E-state index in [-0.39, 0.29) is 24.6 Å². The topological polar surface area (TPSA) is 14.2 Å². The molecule has 0 radical (unpaired) electrons. The van der Waals surface area contributed by atoms with Gasteiger partial charge in [0.25, 0.3) is 6.43 Å². The van der Waals surface area contributed by atoms with Crippen molar-refractivity contribution in [2.75, 3.05) is 6.61 Å². The summed E-state index contributed by atoms with van der Waals surface area (Å²) in [5.74, 6) is -1.69. The molecule has 0 spiro atoms. The van der Waals surface area contributed by atoms with Gasteiger partial charge < -0.3 is 9.30 Å². The average molecular weight is 358 g/mol. The number of benzene rings is 2. The number of fused-ring (bicyclic) bond motifs is 1. The first-order chi connectivity index (χ1) is 11.5. The normalized spacial score (nSPS) is 11.4. The second kappa shape index (κ2) is 6.73. The van der Waals surface area contributed by atoms with E-state index >= 15 is 0 Å². The molecule has 0 aliphatic carbocycles. The standard InChI is InChI=1S/C17H12ClF4NO/c18-12-2-1-3-14-11(12)9-15(17(21)22)23(14)6-7-24-16-5-4-10(19)8-13(16)20/h1-5,8-9,17H,6-7H2. The minimum absolute atomic E-state index is 0.0570. The Kier molecular flexibility index (Phi) is 4.66. The van der Waals surface area contributed by atoms with Gasteiger partial charge in [0.1, 0.15) is 12.4 Å². The van der Waals surface area contributed by atoms with Crippen LogP contribution in [-0.2, 0) is 6.54 Å². The van der Waals surface area contributed by atoms with E-state index in [1.54, 1.807) is 18.2 Å². The molecule has 0 amide bonds. The Labute approximate surface area is 140 Å². The molecule has 126 valence electrons. The van der Waals surface area contributed by atoms with E-state index in [2.05, 4.69) is 0 Å². The highest BCUT2D eigenvalue weighted by atomic mass is 35.5. The molecular formula is C17H12ClF4NO. The van der Waals surface area contributed by atoms with Crippen LogP contribution in [-0.4, -0.2) is 11.2 Å².